The van der Waals surface area contributed by atoms with E-state index in [1.807, 2.05) is 29.9 Å². The lowest BCUT2D eigenvalue weighted by Crippen LogP contribution is -2.53. The van der Waals surface area contributed by atoms with Gasteiger partial charge in [0.25, 0.3) is 0 Å². The van der Waals surface area contributed by atoms with Gasteiger partial charge in [-0.1, -0.05) is 12.1 Å². The lowest BCUT2D eigenvalue weighted by Gasteiger charge is -2.38. The van der Waals surface area contributed by atoms with Crippen molar-refractivity contribution in [1.82, 2.24) is 19.1 Å². The van der Waals surface area contributed by atoms with Crippen LogP contribution in [0.1, 0.15) is 31.7 Å². The second-order valence-corrected chi connectivity index (χ2v) is 11.8. The van der Waals surface area contributed by atoms with Crippen LogP contribution in [0.15, 0.2) is 42.7 Å². The summed E-state index contributed by atoms with van der Waals surface area (Å²) in [6, 6.07) is 12.7. The molecular formula is C24H26N6O2S. The van der Waals surface area contributed by atoms with Gasteiger partial charge in [0.15, 0.2) is 0 Å². The Morgan fingerprint density at radius 1 is 1.18 bits per heavy atom. The summed E-state index contributed by atoms with van der Waals surface area (Å²) in [5.41, 5.74) is 2.85. The van der Waals surface area contributed by atoms with Gasteiger partial charge in [0.2, 0.25) is 10.0 Å². The fraction of sp³-hybridized carbons (Fsp3) is 0.458. The van der Waals surface area contributed by atoms with Gasteiger partial charge in [-0.25, -0.2) is 18.1 Å². The minimum absolute atomic E-state index is 0.122. The first-order valence-electron chi connectivity index (χ1n) is 11.3. The number of nitriles is 1. The van der Waals surface area contributed by atoms with E-state index >= 15 is 0 Å². The Labute approximate surface area is 193 Å². The van der Waals surface area contributed by atoms with E-state index in [0.29, 0.717) is 19.6 Å². The first kappa shape index (κ1) is 20.6. The molecule has 2 aliphatic carbocycles. The van der Waals surface area contributed by atoms with E-state index in [1.165, 1.54) is 6.26 Å². The third-order valence-corrected chi connectivity index (χ3v) is 9.18. The highest BCUT2D eigenvalue weighted by atomic mass is 32.2. The molecule has 1 aliphatic heterocycles. The summed E-state index contributed by atoms with van der Waals surface area (Å²) in [5, 5.41) is 15.6. The zero-order valence-corrected chi connectivity index (χ0v) is 19.6. The van der Waals surface area contributed by atoms with Crippen molar-refractivity contribution in [3.8, 4) is 11.8 Å². The summed E-state index contributed by atoms with van der Waals surface area (Å²) in [4.78, 5) is 6.68. The lowest BCUT2D eigenvalue weighted by molar-refractivity contribution is 0.308. The van der Waals surface area contributed by atoms with Crippen LogP contribution in [0.25, 0.3) is 16.6 Å². The van der Waals surface area contributed by atoms with Crippen molar-refractivity contribution in [1.29, 1.82) is 5.26 Å². The second-order valence-electron chi connectivity index (χ2n) is 9.85. The highest BCUT2D eigenvalue weighted by Gasteiger charge is 2.75. The number of anilines is 1. The van der Waals surface area contributed by atoms with Gasteiger partial charge in [-0.05, 0) is 49.3 Å². The Morgan fingerprint density at radius 3 is 2.67 bits per heavy atom. The monoisotopic (exact) mass is 462 g/mol. The lowest BCUT2D eigenvalue weighted by atomic mass is 9.93. The van der Waals surface area contributed by atoms with Gasteiger partial charge < -0.3 is 4.90 Å². The topological polar surface area (TPSA) is 95.1 Å². The van der Waals surface area contributed by atoms with Crippen molar-refractivity contribution in [3.63, 3.8) is 0 Å². The molecule has 1 saturated heterocycles. The van der Waals surface area contributed by atoms with Gasteiger partial charge in [0, 0.05) is 43.3 Å². The molecule has 8 nitrogen and oxygen atoms in total. The quantitative estimate of drug-likeness (QED) is 0.592. The summed E-state index contributed by atoms with van der Waals surface area (Å²) in [5.74, 6) is 0.805. The standard InChI is InChI=1S/C24H26N6O2S/c1-17-14-28(9-10-29(17)33(2,31)32)22-12-20(5-8-26-22)30-21-11-19(4-3-18(21)13-27-30)24(16-25)15-23(24)6-7-23/h3-5,8,11-13,17H,6-7,9-10,14-15H2,1-2H3/t17-,24+/m0/s1. The summed E-state index contributed by atoms with van der Waals surface area (Å²) < 4.78 is 27.5. The molecule has 0 radical (unpaired) electrons. The molecule has 2 atom stereocenters. The van der Waals surface area contributed by atoms with E-state index in [9.17, 15) is 13.7 Å². The van der Waals surface area contributed by atoms with Crippen molar-refractivity contribution in [2.24, 2.45) is 5.41 Å². The fourth-order valence-corrected chi connectivity index (χ4v) is 6.83. The van der Waals surface area contributed by atoms with Crippen molar-refractivity contribution < 1.29 is 8.42 Å². The maximum Gasteiger partial charge on any atom is 0.211 e. The zero-order valence-electron chi connectivity index (χ0n) is 18.8. The molecule has 3 aliphatic rings. The summed E-state index contributed by atoms with van der Waals surface area (Å²) >= 11 is 0. The van der Waals surface area contributed by atoms with Crippen LogP contribution in [0.5, 0.6) is 0 Å². The number of aromatic nitrogens is 3. The largest absolute Gasteiger partial charge is 0.354 e. The number of nitrogens with zero attached hydrogens (tertiary/aromatic N) is 6. The van der Waals surface area contributed by atoms with Crippen LogP contribution in [0.4, 0.5) is 5.82 Å². The number of hydrogen-bond donors (Lipinski definition) is 0. The van der Waals surface area contributed by atoms with Gasteiger partial charge in [0.05, 0.1) is 35.1 Å². The van der Waals surface area contributed by atoms with Crippen LogP contribution in [0.3, 0.4) is 0 Å². The Bertz CT molecular complexity index is 1420. The number of pyridine rings is 1. The van der Waals surface area contributed by atoms with E-state index in [2.05, 4.69) is 39.3 Å². The normalized spacial score (nSPS) is 26.5. The maximum absolute atomic E-state index is 12.0. The SMILES string of the molecule is C[C@H]1CN(c2cc(-n3ncc4ccc([C@]5(C#N)CC56CC6)cc43)ccn2)CCN1S(C)(=O)=O. The average molecular weight is 463 g/mol. The predicted octanol–water partition coefficient (Wildman–Crippen LogP) is 2.84. The molecule has 3 heterocycles. The first-order chi connectivity index (χ1) is 15.8. The van der Waals surface area contributed by atoms with E-state index in [4.69, 9.17) is 0 Å². The van der Waals surface area contributed by atoms with Crippen molar-refractivity contribution in [2.75, 3.05) is 30.8 Å². The van der Waals surface area contributed by atoms with Crippen LogP contribution in [-0.4, -0.2) is 59.4 Å². The molecule has 1 aromatic carbocycles. The second kappa shape index (κ2) is 6.78. The minimum Gasteiger partial charge on any atom is -0.354 e. The predicted molar refractivity (Wildman–Crippen MR) is 126 cm³/mol. The summed E-state index contributed by atoms with van der Waals surface area (Å²) in [7, 11) is -3.22. The number of sulfonamides is 1. The number of benzene rings is 1. The van der Waals surface area contributed by atoms with Gasteiger partial charge in [0.1, 0.15) is 5.82 Å². The number of piperazine rings is 1. The molecule has 0 bridgehead atoms. The molecule has 2 aromatic heterocycles. The molecule has 3 fully saturated rings. The van der Waals surface area contributed by atoms with E-state index in [-0.39, 0.29) is 16.9 Å². The molecule has 6 rings (SSSR count). The third-order valence-electron chi connectivity index (χ3n) is 7.78. The highest BCUT2D eigenvalue weighted by molar-refractivity contribution is 7.88. The molecule has 170 valence electrons. The summed E-state index contributed by atoms with van der Waals surface area (Å²) in [6.07, 6.45) is 8.15. The van der Waals surface area contributed by atoms with Crippen molar-refractivity contribution in [2.45, 2.75) is 37.6 Å². The fourth-order valence-electron chi connectivity index (χ4n) is 5.69. The third kappa shape index (κ3) is 3.08. The number of hydrogen-bond acceptors (Lipinski definition) is 6. The molecule has 33 heavy (non-hydrogen) atoms. The Kier molecular flexibility index (Phi) is 4.24. The molecule has 0 N–H and O–H groups in total. The molecule has 9 heteroatoms. The molecular weight excluding hydrogens is 436 g/mol. The molecule has 1 spiro atoms. The van der Waals surface area contributed by atoms with Gasteiger partial charge in [-0.2, -0.15) is 14.7 Å². The average Bonchev–Trinajstić information content (AvgIpc) is 3.67. The minimum atomic E-state index is -3.22. The first-order valence-corrected chi connectivity index (χ1v) is 13.2. The van der Waals surface area contributed by atoms with Gasteiger partial charge in [-0.3, -0.25) is 0 Å². The van der Waals surface area contributed by atoms with Gasteiger partial charge >= 0.3 is 0 Å². The Morgan fingerprint density at radius 2 is 2.00 bits per heavy atom. The van der Waals surface area contributed by atoms with Crippen LogP contribution < -0.4 is 4.90 Å². The van der Waals surface area contributed by atoms with Crippen LogP contribution in [0, 0.1) is 16.7 Å². The van der Waals surface area contributed by atoms with E-state index < -0.39 is 10.0 Å². The summed E-state index contributed by atoms with van der Waals surface area (Å²) in [6.45, 7) is 3.54. The van der Waals surface area contributed by atoms with Crippen LogP contribution in [0.2, 0.25) is 0 Å². The molecule has 0 amide bonds. The zero-order chi connectivity index (χ0) is 23.0. The van der Waals surface area contributed by atoms with Crippen molar-refractivity contribution >= 4 is 26.7 Å². The molecule has 0 unspecified atom stereocenters. The highest BCUT2D eigenvalue weighted by Crippen LogP contribution is 2.78. The van der Waals surface area contributed by atoms with Crippen molar-refractivity contribution in [3.05, 3.63) is 48.3 Å². The van der Waals surface area contributed by atoms with Crippen LogP contribution >= 0.6 is 0 Å². The van der Waals surface area contributed by atoms with E-state index in [1.54, 1.807) is 10.5 Å². The maximum atomic E-state index is 12.0. The van der Waals surface area contributed by atoms with E-state index in [0.717, 1.165) is 47.2 Å². The van der Waals surface area contributed by atoms with Gasteiger partial charge in [-0.15, -0.1) is 0 Å². The Balaban J connectivity index is 1.33. The number of rotatable bonds is 4. The van der Waals surface area contributed by atoms with Crippen LogP contribution in [-0.2, 0) is 15.4 Å². The Hall–Kier alpha value is -2.96. The molecule has 2 saturated carbocycles. The smallest absolute Gasteiger partial charge is 0.211 e. The number of fused-ring (bicyclic) bond motifs is 1. The molecule has 3 aromatic rings.